The summed E-state index contributed by atoms with van der Waals surface area (Å²) in [5.41, 5.74) is 2.64. The third kappa shape index (κ3) is 2.44. The van der Waals surface area contributed by atoms with E-state index < -0.39 is 0 Å². The molecular weight excluding hydrogens is 214 g/mol. The van der Waals surface area contributed by atoms with Gasteiger partial charge in [-0.1, -0.05) is 6.92 Å². The van der Waals surface area contributed by atoms with Crippen molar-refractivity contribution in [2.24, 2.45) is 0 Å². The van der Waals surface area contributed by atoms with E-state index in [9.17, 15) is 4.79 Å². The van der Waals surface area contributed by atoms with Crippen LogP contribution in [0.15, 0.2) is 30.5 Å². The zero-order valence-electron chi connectivity index (χ0n) is 10.1. The van der Waals surface area contributed by atoms with Gasteiger partial charge in [0.05, 0.1) is 17.7 Å². The molecule has 0 radical (unpaired) electrons. The van der Waals surface area contributed by atoms with Gasteiger partial charge in [-0.3, -0.25) is 4.98 Å². The fourth-order valence-corrected chi connectivity index (χ4v) is 1.71. The first-order valence-corrected chi connectivity index (χ1v) is 5.80. The van der Waals surface area contributed by atoms with Crippen molar-refractivity contribution in [3.8, 4) is 0 Å². The van der Waals surface area contributed by atoms with Gasteiger partial charge >= 0.3 is 5.97 Å². The molecule has 0 amide bonds. The maximum atomic E-state index is 11.6. The average molecular weight is 229 g/mol. The number of benzene rings is 1. The van der Waals surface area contributed by atoms with Gasteiger partial charge in [0, 0.05) is 11.6 Å². The number of esters is 1. The fourth-order valence-electron chi connectivity index (χ4n) is 1.71. The number of carbonyl (C=O) groups excluding carboxylic acids is 1. The van der Waals surface area contributed by atoms with Crippen molar-refractivity contribution in [1.29, 1.82) is 0 Å². The number of rotatable bonds is 3. The largest absolute Gasteiger partial charge is 0.462 e. The molecule has 0 N–H and O–H groups in total. The van der Waals surface area contributed by atoms with Crippen molar-refractivity contribution in [3.63, 3.8) is 0 Å². The Morgan fingerprint density at radius 1 is 1.29 bits per heavy atom. The lowest BCUT2D eigenvalue weighted by atomic mass is 10.1. The number of aryl methyl sites for hydroxylation is 1. The van der Waals surface area contributed by atoms with Crippen LogP contribution in [0.1, 0.15) is 29.8 Å². The molecule has 1 heterocycles. The molecular formula is C14H15NO2. The summed E-state index contributed by atoms with van der Waals surface area (Å²) in [6, 6.07) is 7.49. The van der Waals surface area contributed by atoms with Gasteiger partial charge in [0.25, 0.3) is 0 Å². The highest BCUT2D eigenvalue weighted by molar-refractivity contribution is 5.94. The van der Waals surface area contributed by atoms with Crippen LogP contribution in [0.5, 0.6) is 0 Å². The minimum atomic E-state index is -0.281. The van der Waals surface area contributed by atoms with Crippen LogP contribution in [0.4, 0.5) is 0 Å². The van der Waals surface area contributed by atoms with Crippen molar-refractivity contribution < 1.29 is 9.53 Å². The topological polar surface area (TPSA) is 39.2 Å². The number of ether oxygens (including phenoxy) is 1. The van der Waals surface area contributed by atoms with Crippen LogP contribution in [0, 0.1) is 0 Å². The SMILES string of the molecule is CCOC(=O)c1ccc2ncc(CC)cc2c1. The van der Waals surface area contributed by atoms with Gasteiger partial charge in [0.1, 0.15) is 0 Å². The second kappa shape index (κ2) is 4.95. The van der Waals surface area contributed by atoms with Crippen LogP contribution in [-0.4, -0.2) is 17.6 Å². The third-order valence-electron chi connectivity index (χ3n) is 2.66. The number of pyridine rings is 1. The summed E-state index contributed by atoms with van der Waals surface area (Å²) in [6.45, 7) is 4.28. The van der Waals surface area contributed by atoms with Crippen LogP contribution in [0.25, 0.3) is 10.9 Å². The molecule has 0 fully saturated rings. The van der Waals surface area contributed by atoms with Crippen molar-refractivity contribution in [1.82, 2.24) is 4.98 Å². The lowest BCUT2D eigenvalue weighted by Gasteiger charge is -2.04. The van der Waals surface area contributed by atoms with Crippen molar-refractivity contribution in [3.05, 3.63) is 41.6 Å². The Balaban J connectivity index is 2.44. The monoisotopic (exact) mass is 229 g/mol. The summed E-state index contributed by atoms with van der Waals surface area (Å²) in [7, 11) is 0. The van der Waals surface area contributed by atoms with E-state index in [2.05, 4.69) is 18.0 Å². The minimum absolute atomic E-state index is 0.281. The molecule has 0 saturated heterocycles. The van der Waals surface area contributed by atoms with E-state index >= 15 is 0 Å². The number of fused-ring (bicyclic) bond motifs is 1. The third-order valence-corrected chi connectivity index (χ3v) is 2.66. The van der Waals surface area contributed by atoms with Crippen molar-refractivity contribution in [2.45, 2.75) is 20.3 Å². The van der Waals surface area contributed by atoms with Crippen LogP contribution in [0.2, 0.25) is 0 Å². The molecule has 1 aromatic carbocycles. The zero-order valence-corrected chi connectivity index (χ0v) is 10.1. The molecule has 0 aliphatic heterocycles. The smallest absolute Gasteiger partial charge is 0.338 e. The van der Waals surface area contributed by atoms with E-state index in [-0.39, 0.29) is 5.97 Å². The molecule has 3 nitrogen and oxygen atoms in total. The number of aromatic nitrogens is 1. The van der Waals surface area contributed by atoms with E-state index in [4.69, 9.17) is 4.74 Å². The van der Waals surface area contributed by atoms with E-state index in [1.54, 1.807) is 13.0 Å². The molecule has 0 unspecified atom stereocenters. The summed E-state index contributed by atoms with van der Waals surface area (Å²) in [4.78, 5) is 15.9. The van der Waals surface area contributed by atoms with Crippen LogP contribution >= 0.6 is 0 Å². The molecule has 0 saturated carbocycles. The van der Waals surface area contributed by atoms with Gasteiger partial charge in [-0.05, 0) is 43.2 Å². The Morgan fingerprint density at radius 2 is 2.12 bits per heavy atom. The molecule has 0 bridgehead atoms. The maximum Gasteiger partial charge on any atom is 0.338 e. The molecule has 0 aliphatic carbocycles. The minimum Gasteiger partial charge on any atom is -0.462 e. The highest BCUT2D eigenvalue weighted by atomic mass is 16.5. The Hall–Kier alpha value is -1.90. The van der Waals surface area contributed by atoms with Gasteiger partial charge in [0.2, 0.25) is 0 Å². The first kappa shape index (κ1) is 11.6. The average Bonchev–Trinajstić information content (AvgIpc) is 2.37. The molecule has 3 heteroatoms. The van der Waals surface area contributed by atoms with E-state index in [1.165, 1.54) is 5.56 Å². The van der Waals surface area contributed by atoms with E-state index in [0.717, 1.165) is 17.3 Å². The number of hydrogen-bond acceptors (Lipinski definition) is 3. The van der Waals surface area contributed by atoms with Crippen LogP contribution < -0.4 is 0 Å². The van der Waals surface area contributed by atoms with Gasteiger partial charge < -0.3 is 4.74 Å². The Morgan fingerprint density at radius 3 is 2.82 bits per heavy atom. The second-order valence-corrected chi connectivity index (χ2v) is 3.83. The predicted molar refractivity (Wildman–Crippen MR) is 67.1 cm³/mol. The summed E-state index contributed by atoms with van der Waals surface area (Å²) in [5, 5.41) is 0.981. The molecule has 17 heavy (non-hydrogen) atoms. The summed E-state index contributed by atoms with van der Waals surface area (Å²) < 4.78 is 4.97. The maximum absolute atomic E-state index is 11.6. The fraction of sp³-hybridized carbons (Fsp3) is 0.286. The standard InChI is InChI=1S/C14H15NO2/c1-3-10-7-12-8-11(14(16)17-4-2)5-6-13(12)15-9-10/h5-9H,3-4H2,1-2H3. The first-order chi connectivity index (χ1) is 8.24. The predicted octanol–water partition coefficient (Wildman–Crippen LogP) is 2.97. The highest BCUT2D eigenvalue weighted by Gasteiger charge is 2.07. The number of nitrogens with zero attached hydrogens (tertiary/aromatic N) is 1. The first-order valence-electron chi connectivity index (χ1n) is 5.80. The normalized spacial score (nSPS) is 10.5. The van der Waals surface area contributed by atoms with Crippen LogP contribution in [-0.2, 0) is 11.2 Å². The molecule has 2 rings (SSSR count). The Bertz CT molecular complexity index is 549. The van der Waals surface area contributed by atoms with Crippen molar-refractivity contribution >= 4 is 16.9 Å². The lowest BCUT2D eigenvalue weighted by molar-refractivity contribution is 0.0526. The molecule has 0 spiro atoms. The molecule has 88 valence electrons. The molecule has 0 atom stereocenters. The molecule has 0 aliphatic rings. The lowest BCUT2D eigenvalue weighted by Crippen LogP contribution is -2.04. The van der Waals surface area contributed by atoms with Crippen LogP contribution in [0.3, 0.4) is 0 Å². The molecule has 2 aromatic rings. The quantitative estimate of drug-likeness (QED) is 0.759. The van der Waals surface area contributed by atoms with Crippen molar-refractivity contribution in [2.75, 3.05) is 6.61 Å². The van der Waals surface area contributed by atoms with Gasteiger partial charge in [-0.25, -0.2) is 4.79 Å². The summed E-state index contributed by atoms with van der Waals surface area (Å²) in [5.74, 6) is -0.281. The second-order valence-electron chi connectivity index (χ2n) is 3.83. The summed E-state index contributed by atoms with van der Waals surface area (Å²) >= 11 is 0. The zero-order chi connectivity index (χ0) is 12.3. The van der Waals surface area contributed by atoms with E-state index in [1.807, 2.05) is 18.3 Å². The molecule has 1 aromatic heterocycles. The number of hydrogen-bond donors (Lipinski definition) is 0. The van der Waals surface area contributed by atoms with Gasteiger partial charge in [-0.15, -0.1) is 0 Å². The Kier molecular flexibility index (Phi) is 3.38. The number of carbonyl (C=O) groups is 1. The van der Waals surface area contributed by atoms with Gasteiger partial charge in [0.15, 0.2) is 0 Å². The van der Waals surface area contributed by atoms with E-state index in [0.29, 0.717) is 12.2 Å². The Labute approximate surface area is 100 Å². The highest BCUT2D eigenvalue weighted by Crippen LogP contribution is 2.16. The van der Waals surface area contributed by atoms with Gasteiger partial charge in [-0.2, -0.15) is 0 Å². The summed E-state index contributed by atoms with van der Waals surface area (Å²) in [6.07, 6.45) is 2.80.